The molecule has 2 aliphatic rings. The molecule has 20 heavy (non-hydrogen) atoms. The molecule has 0 amide bonds. The van der Waals surface area contributed by atoms with Crippen molar-refractivity contribution in [2.45, 2.75) is 42.8 Å². The van der Waals surface area contributed by atoms with Gasteiger partial charge in [-0.25, -0.2) is 13.1 Å². The summed E-state index contributed by atoms with van der Waals surface area (Å²) in [5.74, 6) is 0. The highest BCUT2D eigenvalue weighted by Gasteiger charge is 2.29. The highest BCUT2D eigenvalue weighted by Crippen LogP contribution is 2.37. The summed E-state index contributed by atoms with van der Waals surface area (Å²) in [6.45, 7) is 1.77. The molecule has 0 aromatic carbocycles. The molecule has 1 aromatic rings. The molecule has 2 heterocycles. The lowest BCUT2D eigenvalue weighted by atomic mass is 10.3. The summed E-state index contributed by atoms with van der Waals surface area (Å²) in [4.78, 5) is 0.363. The molecular weight excluding hydrogens is 278 g/mol. The first-order chi connectivity index (χ1) is 9.60. The zero-order valence-corrected chi connectivity index (χ0v) is 12.4. The zero-order valence-electron chi connectivity index (χ0n) is 11.6. The molecule has 0 bridgehead atoms. The fraction of sp³-hybridized carbons (Fsp3) is 0.692. The summed E-state index contributed by atoms with van der Waals surface area (Å²) in [5.41, 5.74) is 1.03. The van der Waals surface area contributed by atoms with Crippen molar-refractivity contribution in [1.82, 2.24) is 14.6 Å². The fourth-order valence-corrected chi connectivity index (χ4v) is 3.88. The van der Waals surface area contributed by atoms with Gasteiger partial charge in [0.2, 0.25) is 10.0 Å². The van der Waals surface area contributed by atoms with Crippen LogP contribution in [0.25, 0.3) is 0 Å². The second-order valence-electron chi connectivity index (χ2n) is 5.52. The van der Waals surface area contributed by atoms with E-state index in [4.69, 9.17) is 4.74 Å². The van der Waals surface area contributed by atoms with E-state index in [1.54, 1.807) is 12.3 Å². The Bertz CT molecular complexity index is 572. The van der Waals surface area contributed by atoms with Crippen LogP contribution >= 0.6 is 0 Å². The monoisotopic (exact) mass is 299 g/mol. The maximum absolute atomic E-state index is 12.4. The van der Waals surface area contributed by atoms with E-state index in [2.05, 4.69) is 14.6 Å². The van der Waals surface area contributed by atoms with Crippen LogP contribution in [0.2, 0.25) is 0 Å². The van der Waals surface area contributed by atoms with Crippen LogP contribution < -0.4 is 10.0 Å². The number of nitrogens with one attached hydrogen (secondary N) is 2. The van der Waals surface area contributed by atoms with E-state index in [0.717, 1.165) is 25.0 Å². The largest absolute Gasteiger partial charge is 0.380 e. The van der Waals surface area contributed by atoms with Gasteiger partial charge in [-0.1, -0.05) is 0 Å². The van der Waals surface area contributed by atoms with Crippen LogP contribution in [0.3, 0.4) is 0 Å². The number of aromatic nitrogens is 1. The maximum Gasteiger partial charge on any atom is 0.242 e. The first-order valence-corrected chi connectivity index (χ1v) is 8.54. The number of ether oxygens (including phenoxy) is 1. The first-order valence-electron chi connectivity index (χ1n) is 7.05. The Morgan fingerprint density at radius 1 is 1.40 bits per heavy atom. The van der Waals surface area contributed by atoms with Gasteiger partial charge in [0, 0.05) is 37.1 Å². The van der Waals surface area contributed by atoms with E-state index in [-0.39, 0.29) is 6.04 Å². The molecule has 112 valence electrons. The van der Waals surface area contributed by atoms with Gasteiger partial charge in [0.25, 0.3) is 0 Å². The van der Waals surface area contributed by atoms with Crippen LogP contribution in [0.1, 0.15) is 31.0 Å². The standard InChI is InChI=1S/C13H21N3O3S/c1-14-7-12-6-13(8-16(12)11-2-3-11)20(17,18)15-10-4-5-19-9-10/h6,8,10-11,14-15H,2-5,7,9H2,1H3. The predicted molar refractivity (Wildman–Crippen MR) is 75.0 cm³/mol. The molecule has 0 spiro atoms. The average molecular weight is 299 g/mol. The molecule has 2 fully saturated rings. The third-order valence-corrected chi connectivity index (χ3v) is 5.25. The Morgan fingerprint density at radius 3 is 2.80 bits per heavy atom. The Balaban J connectivity index is 1.82. The molecule has 1 saturated carbocycles. The van der Waals surface area contributed by atoms with E-state index in [9.17, 15) is 8.42 Å². The van der Waals surface area contributed by atoms with Gasteiger partial charge in [0.05, 0.1) is 11.5 Å². The molecule has 1 aromatic heterocycles. The molecular formula is C13H21N3O3S. The summed E-state index contributed by atoms with van der Waals surface area (Å²) >= 11 is 0. The van der Waals surface area contributed by atoms with E-state index in [1.165, 1.54) is 0 Å². The van der Waals surface area contributed by atoms with E-state index in [0.29, 0.717) is 30.7 Å². The van der Waals surface area contributed by atoms with Gasteiger partial charge in [0.1, 0.15) is 0 Å². The van der Waals surface area contributed by atoms with Crippen molar-refractivity contribution >= 4 is 10.0 Å². The van der Waals surface area contributed by atoms with Crippen molar-refractivity contribution < 1.29 is 13.2 Å². The summed E-state index contributed by atoms with van der Waals surface area (Å²) in [7, 11) is -1.58. The van der Waals surface area contributed by atoms with Crippen LogP contribution in [0.15, 0.2) is 17.2 Å². The Labute approximate surface area is 119 Å². The number of hydrogen-bond acceptors (Lipinski definition) is 4. The Morgan fingerprint density at radius 2 is 2.20 bits per heavy atom. The molecule has 1 unspecified atom stereocenters. The highest BCUT2D eigenvalue weighted by molar-refractivity contribution is 7.89. The van der Waals surface area contributed by atoms with E-state index in [1.807, 2.05) is 7.05 Å². The van der Waals surface area contributed by atoms with Crippen molar-refractivity contribution in [2.75, 3.05) is 20.3 Å². The van der Waals surface area contributed by atoms with Crippen LogP contribution in [0, 0.1) is 0 Å². The van der Waals surface area contributed by atoms with Gasteiger partial charge in [-0.05, 0) is 32.4 Å². The highest BCUT2D eigenvalue weighted by atomic mass is 32.2. The quantitative estimate of drug-likeness (QED) is 0.807. The third kappa shape index (κ3) is 2.90. The SMILES string of the molecule is CNCc1cc(S(=O)(=O)NC2CCOC2)cn1C1CC1. The van der Waals surface area contributed by atoms with Crippen molar-refractivity contribution in [3.05, 3.63) is 18.0 Å². The molecule has 1 aliphatic carbocycles. The van der Waals surface area contributed by atoms with Crippen molar-refractivity contribution in [2.24, 2.45) is 0 Å². The van der Waals surface area contributed by atoms with Crippen molar-refractivity contribution in [1.29, 1.82) is 0 Å². The number of rotatable bonds is 6. The first kappa shape index (κ1) is 14.1. The number of sulfonamides is 1. The smallest absolute Gasteiger partial charge is 0.242 e. The number of nitrogens with zero attached hydrogens (tertiary/aromatic N) is 1. The van der Waals surface area contributed by atoms with E-state index < -0.39 is 10.0 Å². The number of hydrogen-bond donors (Lipinski definition) is 2. The molecule has 6 nitrogen and oxygen atoms in total. The van der Waals surface area contributed by atoms with Gasteiger partial charge in [-0.2, -0.15) is 0 Å². The van der Waals surface area contributed by atoms with E-state index >= 15 is 0 Å². The Kier molecular flexibility index (Phi) is 3.85. The second-order valence-corrected chi connectivity index (χ2v) is 7.23. The minimum absolute atomic E-state index is 0.1000. The van der Waals surface area contributed by atoms with Gasteiger partial charge < -0.3 is 14.6 Å². The summed E-state index contributed by atoms with van der Waals surface area (Å²) < 4.78 is 34.8. The summed E-state index contributed by atoms with van der Waals surface area (Å²) in [5, 5.41) is 3.09. The minimum atomic E-state index is -3.45. The molecule has 3 rings (SSSR count). The second kappa shape index (κ2) is 5.48. The van der Waals surface area contributed by atoms with Gasteiger partial charge in [-0.3, -0.25) is 0 Å². The molecule has 1 atom stereocenters. The topological polar surface area (TPSA) is 72.4 Å². The maximum atomic E-state index is 12.4. The molecule has 1 saturated heterocycles. The fourth-order valence-electron chi connectivity index (χ4n) is 2.57. The van der Waals surface area contributed by atoms with Crippen LogP contribution in [0.5, 0.6) is 0 Å². The van der Waals surface area contributed by atoms with Gasteiger partial charge in [0.15, 0.2) is 0 Å². The molecule has 0 radical (unpaired) electrons. The molecule has 1 aliphatic heterocycles. The third-order valence-electron chi connectivity index (χ3n) is 3.77. The van der Waals surface area contributed by atoms with Crippen molar-refractivity contribution in [3.8, 4) is 0 Å². The Hall–Kier alpha value is -0.890. The van der Waals surface area contributed by atoms with Crippen molar-refractivity contribution in [3.63, 3.8) is 0 Å². The lowest BCUT2D eigenvalue weighted by Gasteiger charge is -2.09. The lowest BCUT2D eigenvalue weighted by Crippen LogP contribution is -2.34. The molecule has 7 heteroatoms. The summed E-state index contributed by atoms with van der Waals surface area (Å²) in [6.07, 6.45) is 4.78. The van der Waals surface area contributed by atoms with Crippen LogP contribution in [-0.2, 0) is 21.3 Å². The summed E-state index contributed by atoms with van der Waals surface area (Å²) in [6, 6.07) is 2.14. The minimum Gasteiger partial charge on any atom is -0.380 e. The molecule has 2 N–H and O–H groups in total. The average Bonchev–Trinajstić information content (AvgIpc) is 2.94. The predicted octanol–water partition coefficient (Wildman–Crippen LogP) is 0.610. The van der Waals surface area contributed by atoms with Crippen LogP contribution in [0.4, 0.5) is 0 Å². The normalized spacial score (nSPS) is 23.4. The van der Waals surface area contributed by atoms with Gasteiger partial charge in [-0.15, -0.1) is 0 Å². The lowest BCUT2D eigenvalue weighted by molar-refractivity contribution is 0.192. The van der Waals surface area contributed by atoms with Crippen LogP contribution in [-0.4, -0.2) is 39.3 Å². The van der Waals surface area contributed by atoms with Gasteiger partial charge >= 0.3 is 0 Å². The zero-order chi connectivity index (χ0) is 14.2.